The number of hydrogen-bond acceptors (Lipinski definition) is 5. The van der Waals surface area contributed by atoms with Gasteiger partial charge in [0.1, 0.15) is 11.9 Å². The number of amides is 1. The number of sulfonamides is 1. The van der Waals surface area contributed by atoms with Gasteiger partial charge in [0, 0.05) is 6.54 Å². The maximum absolute atomic E-state index is 13.4. The number of nitrogens with zero attached hydrogens (tertiary/aromatic N) is 2. The normalized spacial score (nSPS) is 18.4. The van der Waals surface area contributed by atoms with Crippen molar-refractivity contribution in [2.24, 2.45) is 5.92 Å². The molecule has 0 radical (unpaired) electrons. The van der Waals surface area contributed by atoms with E-state index in [9.17, 15) is 52.7 Å². The molecule has 234 valence electrons. The van der Waals surface area contributed by atoms with Crippen molar-refractivity contribution in [2.75, 3.05) is 17.1 Å². The summed E-state index contributed by atoms with van der Waals surface area (Å²) >= 11 is 0. The lowest BCUT2D eigenvalue weighted by Gasteiger charge is -2.29. The van der Waals surface area contributed by atoms with Crippen LogP contribution in [-0.4, -0.2) is 44.6 Å². The number of carbonyl (C=O) groups is 1. The van der Waals surface area contributed by atoms with Gasteiger partial charge >= 0.3 is 24.8 Å². The van der Waals surface area contributed by atoms with E-state index in [-0.39, 0.29) is 29.8 Å². The molecule has 0 saturated carbocycles. The van der Waals surface area contributed by atoms with Crippen LogP contribution in [0.4, 0.5) is 50.0 Å². The first-order valence-corrected chi connectivity index (χ1v) is 13.9. The fourth-order valence-electron chi connectivity index (χ4n) is 4.36. The maximum atomic E-state index is 13.4. The quantitative estimate of drug-likeness (QED) is 0.289. The van der Waals surface area contributed by atoms with Crippen molar-refractivity contribution in [1.82, 2.24) is 4.90 Å². The minimum absolute atomic E-state index is 0.0877. The summed E-state index contributed by atoms with van der Waals surface area (Å²) in [6.07, 6.45) is -17.4. The first-order valence-electron chi connectivity index (χ1n) is 12.1. The zero-order valence-electron chi connectivity index (χ0n) is 22.4. The van der Waals surface area contributed by atoms with Crippen molar-refractivity contribution < 1.29 is 62.2 Å². The van der Waals surface area contributed by atoms with Gasteiger partial charge in [-0.3, -0.25) is 9.21 Å². The Hall–Kier alpha value is -3.37. The number of anilines is 1. The molecule has 2 atom stereocenters. The highest BCUT2D eigenvalue weighted by Gasteiger charge is 2.44. The summed E-state index contributed by atoms with van der Waals surface area (Å²) in [5, 5.41) is 0. The van der Waals surface area contributed by atoms with Crippen molar-refractivity contribution in [3.8, 4) is 5.75 Å². The van der Waals surface area contributed by atoms with Crippen LogP contribution in [0.15, 0.2) is 36.4 Å². The van der Waals surface area contributed by atoms with E-state index in [2.05, 4.69) is 4.74 Å². The summed E-state index contributed by atoms with van der Waals surface area (Å²) in [5.41, 5.74) is -4.18. The molecular weight excluding hydrogens is 611 g/mol. The Morgan fingerprint density at radius 1 is 0.952 bits per heavy atom. The lowest BCUT2D eigenvalue weighted by molar-refractivity contribution is -0.274. The predicted octanol–water partition coefficient (Wildman–Crippen LogP) is 7.13. The number of benzene rings is 2. The minimum atomic E-state index is -5.17. The molecule has 1 heterocycles. The average molecular weight is 637 g/mol. The largest absolute Gasteiger partial charge is 0.573 e. The molecule has 42 heavy (non-hydrogen) atoms. The third-order valence-electron chi connectivity index (χ3n) is 6.16. The summed E-state index contributed by atoms with van der Waals surface area (Å²) in [6, 6.07) is 2.22. The molecule has 1 fully saturated rings. The highest BCUT2D eigenvalue weighted by Crippen LogP contribution is 2.42. The number of alkyl halides is 9. The molecular formula is C25H25F9N2O5S. The molecule has 2 aromatic rings. The zero-order valence-corrected chi connectivity index (χ0v) is 23.2. The van der Waals surface area contributed by atoms with Gasteiger partial charge in [-0.15, -0.1) is 13.2 Å². The van der Waals surface area contributed by atoms with Crippen LogP contribution < -0.4 is 9.04 Å². The van der Waals surface area contributed by atoms with Crippen molar-refractivity contribution in [2.45, 2.75) is 58.2 Å². The second kappa shape index (κ2) is 11.4. The van der Waals surface area contributed by atoms with E-state index in [1.807, 2.05) is 0 Å². The van der Waals surface area contributed by atoms with E-state index in [0.717, 1.165) is 33.7 Å². The minimum Gasteiger partial charge on any atom is -0.439 e. The summed E-state index contributed by atoms with van der Waals surface area (Å²) in [5.74, 6) is -1.02. The highest BCUT2D eigenvalue weighted by molar-refractivity contribution is 7.92. The number of cyclic esters (lactones) is 1. The van der Waals surface area contributed by atoms with Crippen LogP contribution in [-0.2, 0) is 33.7 Å². The second-order valence-electron chi connectivity index (χ2n) is 10.0. The number of ether oxygens (including phenoxy) is 2. The predicted molar refractivity (Wildman–Crippen MR) is 131 cm³/mol. The van der Waals surface area contributed by atoms with Gasteiger partial charge in [-0.1, -0.05) is 13.8 Å². The van der Waals surface area contributed by atoms with Gasteiger partial charge in [-0.05, 0) is 60.4 Å². The molecule has 1 aliphatic heterocycles. The fourth-order valence-corrected chi connectivity index (χ4v) is 5.46. The molecule has 0 spiro atoms. The van der Waals surface area contributed by atoms with Crippen molar-refractivity contribution in [3.05, 3.63) is 58.7 Å². The molecule has 2 aromatic carbocycles. The van der Waals surface area contributed by atoms with Crippen molar-refractivity contribution in [1.29, 1.82) is 0 Å². The van der Waals surface area contributed by atoms with Gasteiger partial charge in [0.05, 0.1) is 35.7 Å². The summed E-state index contributed by atoms with van der Waals surface area (Å²) in [6.45, 7) is 3.86. The molecule has 1 amide bonds. The van der Waals surface area contributed by atoms with Crippen molar-refractivity contribution in [3.63, 3.8) is 0 Å². The molecule has 2 unspecified atom stereocenters. The Kier molecular flexibility index (Phi) is 8.97. The molecule has 0 aromatic heterocycles. The molecule has 7 nitrogen and oxygen atoms in total. The first kappa shape index (κ1) is 33.1. The van der Waals surface area contributed by atoms with Crippen LogP contribution in [0.3, 0.4) is 0 Å². The molecule has 3 rings (SSSR count). The molecule has 1 aliphatic rings. The van der Waals surface area contributed by atoms with E-state index >= 15 is 0 Å². The van der Waals surface area contributed by atoms with Crippen LogP contribution >= 0.6 is 0 Å². The number of halogens is 9. The van der Waals surface area contributed by atoms with Gasteiger partial charge < -0.3 is 9.47 Å². The summed E-state index contributed by atoms with van der Waals surface area (Å²) < 4.78 is 154. The Balaban J connectivity index is 2.08. The van der Waals surface area contributed by atoms with Crippen molar-refractivity contribution >= 4 is 21.8 Å². The van der Waals surface area contributed by atoms with E-state index < -0.39 is 76.0 Å². The summed E-state index contributed by atoms with van der Waals surface area (Å²) in [4.78, 5) is 13.7. The first-order chi connectivity index (χ1) is 19.0. The smallest absolute Gasteiger partial charge is 0.439 e. The molecule has 17 heteroatoms. The van der Waals surface area contributed by atoms with E-state index in [1.165, 1.54) is 6.92 Å². The Labute approximate surface area is 234 Å². The standard InChI is InChI=1S/C25H25F9N2O5S/c1-13(2)11-36(42(4,38)39)20-6-5-19(41-25(32,33)34)9-16(20)12-35-14(3)21(40-22(35)37)15-7-17(23(26,27)28)10-18(8-15)24(29,30)31/h5-10,13-14,21H,11-12H2,1-4H3. The fraction of sp³-hybridized carbons (Fsp3) is 0.480. The van der Waals surface area contributed by atoms with Gasteiger partial charge in [0.2, 0.25) is 10.0 Å². The zero-order chi connectivity index (χ0) is 32.0. The van der Waals surface area contributed by atoms with E-state index in [4.69, 9.17) is 4.74 Å². The lowest BCUT2D eigenvalue weighted by atomic mass is 9.97. The van der Waals surface area contributed by atoms with E-state index in [1.54, 1.807) is 13.8 Å². The molecule has 1 saturated heterocycles. The van der Waals surface area contributed by atoms with Crippen LogP contribution in [0.5, 0.6) is 5.75 Å². The lowest BCUT2D eigenvalue weighted by Crippen LogP contribution is -2.36. The molecule has 0 bridgehead atoms. The van der Waals surface area contributed by atoms with E-state index in [0.29, 0.717) is 12.1 Å². The average Bonchev–Trinajstić information content (AvgIpc) is 3.08. The van der Waals surface area contributed by atoms with Crippen LogP contribution in [0.25, 0.3) is 0 Å². The Morgan fingerprint density at radius 2 is 1.50 bits per heavy atom. The third kappa shape index (κ3) is 7.92. The van der Waals surface area contributed by atoms with Crippen LogP contribution in [0, 0.1) is 5.92 Å². The molecule has 0 aliphatic carbocycles. The Morgan fingerprint density at radius 3 is 1.95 bits per heavy atom. The van der Waals surface area contributed by atoms with Gasteiger partial charge in [-0.2, -0.15) is 26.3 Å². The Bertz CT molecular complexity index is 1390. The highest BCUT2D eigenvalue weighted by atomic mass is 32.2. The maximum Gasteiger partial charge on any atom is 0.573 e. The number of rotatable bonds is 8. The van der Waals surface area contributed by atoms with Gasteiger partial charge in [0.15, 0.2) is 0 Å². The topological polar surface area (TPSA) is 76.2 Å². The van der Waals surface area contributed by atoms with Crippen LogP contribution in [0.1, 0.15) is 49.1 Å². The molecule has 0 N–H and O–H groups in total. The summed E-state index contributed by atoms with van der Waals surface area (Å²) in [7, 11) is -4.01. The van der Waals surface area contributed by atoms with Gasteiger partial charge in [-0.25, -0.2) is 13.2 Å². The van der Waals surface area contributed by atoms with Crippen LogP contribution in [0.2, 0.25) is 0 Å². The number of carbonyl (C=O) groups excluding carboxylic acids is 1. The van der Waals surface area contributed by atoms with Gasteiger partial charge in [0.25, 0.3) is 0 Å². The third-order valence-corrected chi connectivity index (χ3v) is 7.30. The number of hydrogen-bond donors (Lipinski definition) is 0. The SMILES string of the molecule is CC(C)CN(c1ccc(OC(F)(F)F)cc1CN1C(=O)OC(c2cc(C(F)(F)F)cc(C(F)(F)F)c2)C1C)S(C)(=O)=O. The second-order valence-corrected chi connectivity index (χ2v) is 11.9. The monoisotopic (exact) mass is 636 g/mol.